The summed E-state index contributed by atoms with van der Waals surface area (Å²) in [5.74, 6) is -2.11. The van der Waals surface area contributed by atoms with Gasteiger partial charge >= 0.3 is 12.1 Å². The largest absolute Gasteiger partial charge is 0.496 e. The number of halogens is 3. The Balaban J connectivity index is 1.78. The van der Waals surface area contributed by atoms with Crippen LogP contribution in [0.5, 0.6) is 5.75 Å². The molecule has 1 aliphatic carbocycles. The summed E-state index contributed by atoms with van der Waals surface area (Å²) in [6, 6.07) is 8.68. The van der Waals surface area contributed by atoms with E-state index in [-0.39, 0.29) is 29.8 Å². The molecule has 0 spiro atoms. The minimum absolute atomic E-state index is 0.124. The Morgan fingerprint density at radius 1 is 1.09 bits per heavy atom. The van der Waals surface area contributed by atoms with Crippen LogP contribution in [0.15, 0.2) is 48.6 Å². The number of nitrogens with one attached hydrogen (secondary N) is 1. The number of methoxy groups -OCH3 is 1. The highest BCUT2D eigenvalue weighted by Crippen LogP contribution is 2.37. The van der Waals surface area contributed by atoms with Gasteiger partial charge in [0.15, 0.2) is 0 Å². The molecule has 0 aromatic heterocycles. The van der Waals surface area contributed by atoms with Gasteiger partial charge in [0.05, 0.1) is 25.2 Å². The molecule has 1 amide bonds. The first kappa shape index (κ1) is 25.3. The van der Waals surface area contributed by atoms with E-state index in [4.69, 9.17) is 9.47 Å². The van der Waals surface area contributed by atoms with Crippen LogP contribution < -0.4 is 10.1 Å². The van der Waals surface area contributed by atoms with Crippen molar-refractivity contribution < 1.29 is 32.2 Å². The maximum Gasteiger partial charge on any atom is 0.419 e. The Labute approximate surface area is 196 Å². The van der Waals surface area contributed by atoms with Gasteiger partial charge in [-0.25, -0.2) is 0 Å². The van der Waals surface area contributed by atoms with E-state index in [9.17, 15) is 22.8 Å². The number of allylic oxidation sites excluding steroid dienone is 1. The lowest BCUT2D eigenvalue weighted by Gasteiger charge is -2.23. The summed E-state index contributed by atoms with van der Waals surface area (Å²) < 4.78 is 50.0. The second kappa shape index (κ2) is 10.3. The molecule has 34 heavy (non-hydrogen) atoms. The number of rotatable bonds is 7. The lowest BCUT2D eigenvalue weighted by atomic mass is 9.84. The number of carbonyl (C=O) groups is 2. The topological polar surface area (TPSA) is 64.6 Å². The first-order chi connectivity index (χ1) is 16.0. The van der Waals surface area contributed by atoms with Gasteiger partial charge < -0.3 is 14.8 Å². The molecule has 1 aliphatic rings. The molecule has 0 aliphatic heterocycles. The van der Waals surface area contributed by atoms with Gasteiger partial charge in [-0.1, -0.05) is 41.5 Å². The van der Waals surface area contributed by atoms with Gasteiger partial charge in [-0.2, -0.15) is 13.2 Å². The lowest BCUT2D eigenvalue weighted by molar-refractivity contribution is -0.146. The maximum absolute atomic E-state index is 13.3. The van der Waals surface area contributed by atoms with Crippen LogP contribution in [0, 0.1) is 19.8 Å². The first-order valence-corrected chi connectivity index (χ1v) is 11.0. The molecular formula is C26H28F3NO4. The van der Waals surface area contributed by atoms with Crippen LogP contribution in [0.25, 0.3) is 0 Å². The molecule has 0 radical (unpaired) electrons. The zero-order valence-electron chi connectivity index (χ0n) is 19.5. The van der Waals surface area contributed by atoms with Crippen LogP contribution in [-0.4, -0.2) is 31.6 Å². The quantitative estimate of drug-likeness (QED) is 0.433. The highest BCUT2D eigenvalue weighted by Gasteiger charge is 2.36. The number of hydrogen-bond acceptors (Lipinski definition) is 4. The van der Waals surface area contributed by atoms with Crippen LogP contribution in [0.1, 0.15) is 51.9 Å². The van der Waals surface area contributed by atoms with E-state index in [1.54, 1.807) is 13.0 Å². The van der Waals surface area contributed by atoms with E-state index in [1.165, 1.54) is 6.07 Å². The van der Waals surface area contributed by atoms with E-state index in [0.29, 0.717) is 6.42 Å². The molecule has 0 fully saturated rings. The van der Waals surface area contributed by atoms with Gasteiger partial charge in [0.25, 0.3) is 5.91 Å². The normalized spacial score (nSPS) is 18.4. The number of alkyl halides is 3. The Morgan fingerprint density at radius 3 is 2.35 bits per heavy atom. The summed E-state index contributed by atoms with van der Waals surface area (Å²) in [6.07, 6.45) is -0.603. The second-order valence-electron chi connectivity index (χ2n) is 8.43. The summed E-state index contributed by atoms with van der Waals surface area (Å²) in [4.78, 5) is 25.5. The Hall–Kier alpha value is -3.29. The molecule has 2 aromatic carbocycles. The third-order valence-electron chi connectivity index (χ3n) is 5.77. The molecule has 182 valence electrons. The molecule has 3 rings (SSSR count). The van der Waals surface area contributed by atoms with Gasteiger partial charge in [-0.15, -0.1) is 0 Å². The number of ether oxygens (including phenoxy) is 2. The van der Waals surface area contributed by atoms with Crippen LogP contribution >= 0.6 is 0 Å². The van der Waals surface area contributed by atoms with Crippen molar-refractivity contribution in [2.75, 3.05) is 13.7 Å². The summed E-state index contributed by atoms with van der Waals surface area (Å²) in [5, 5.41) is 2.76. The smallest absolute Gasteiger partial charge is 0.419 e. The number of amides is 1. The molecule has 5 nitrogen and oxygen atoms in total. The fourth-order valence-electron chi connectivity index (χ4n) is 4.38. The van der Waals surface area contributed by atoms with E-state index in [1.807, 2.05) is 38.1 Å². The third-order valence-corrected chi connectivity index (χ3v) is 5.77. The van der Waals surface area contributed by atoms with Crippen LogP contribution in [0.4, 0.5) is 13.2 Å². The fraction of sp³-hybridized carbons (Fsp3) is 0.385. The number of benzene rings is 2. The van der Waals surface area contributed by atoms with Crippen LogP contribution in [0.2, 0.25) is 0 Å². The third kappa shape index (κ3) is 5.79. The van der Waals surface area contributed by atoms with E-state index in [0.717, 1.165) is 35.9 Å². The van der Waals surface area contributed by atoms with E-state index in [2.05, 4.69) is 5.32 Å². The van der Waals surface area contributed by atoms with Crippen molar-refractivity contribution in [1.29, 1.82) is 0 Å². The number of aryl methyl sites for hydroxylation is 2. The van der Waals surface area contributed by atoms with Crippen molar-refractivity contribution in [2.24, 2.45) is 5.92 Å². The van der Waals surface area contributed by atoms with Crippen molar-refractivity contribution in [3.05, 3.63) is 76.4 Å². The average molecular weight is 476 g/mol. The Morgan fingerprint density at radius 2 is 1.76 bits per heavy atom. The number of esters is 1. The first-order valence-electron chi connectivity index (χ1n) is 11.0. The van der Waals surface area contributed by atoms with Crippen molar-refractivity contribution >= 4 is 11.9 Å². The standard InChI is InChI=1S/C26H28F3NO4/c1-5-34-25(32)23(19-11-15(2)10-16(3)12-19)17-6-8-20(13-17)30-24(31)18-7-9-22(33-4)21(14-18)26(27,28)29/h6-12,14,17,20,23H,5,13H2,1-4H3,(H,30,31). The van der Waals surface area contributed by atoms with Gasteiger partial charge in [-0.05, 0) is 56.9 Å². The minimum atomic E-state index is -4.65. The highest BCUT2D eigenvalue weighted by molar-refractivity contribution is 5.95. The van der Waals surface area contributed by atoms with E-state index < -0.39 is 29.6 Å². The van der Waals surface area contributed by atoms with Gasteiger partial charge in [-0.3, -0.25) is 9.59 Å². The molecular weight excluding hydrogens is 447 g/mol. The summed E-state index contributed by atoms with van der Waals surface area (Å²) in [5.41, 5.74) is 1.75. The Kier molecular flexibility index (Phi) is 7.69. The molecule has 0 saturated carbocycles. The summed E-state index contributed by atoms with van der Waals surface area (Å²) in [6.45, 7) is 5.90. The van der Waals surface area contributed by atoms with Crippen molar-refractivity contribution in [3.63, 3.8) is 0 Å². The zero-order valence-corrected chi connectivity index (χ0v) is 19.5. The van der Waals surface area contributed by atoms with Gasteiger partial charge in [0.2, 0.25) is 0 Å². The molecule has 0 bridgehead atoms. The molecule has 1 N–H and O–H groups in total. The van der Waals surface area contributed by atoms with Crippen molar-refractivity contribution in [3.8, 4) is 5.75 Å². The molecule has 8 heteroatoms. The minimum Gasteiger partial charge on any atom is -0.496 e. The lowest BCUT2D eigenvalue weighted by Crippen LogP contribution is -2.34. The second-order valence-corrected chi connectivity index (χ2v) is 8.43. The molecule has 3 unspecified atom stereocenters. The zero-order chi connectivity index (χ0) is 25.0. The summed E-state index contributed by atoms with van der Waals surface area (Å²) >= 11 is 0. The van der Waals surface area contributed by atoms with Crippen LogP contribution in [0.3, 0.4) is 0 Å². The average Bonchev–Trinajstić information content (AvgIpc) is 3.20. The van der Waals surface area contributed by atoms with Gasteiger partial charge in [0, 0.05) is 11.6 Å². The predicted octanol–water partition coefficient (Wildman–Crippen LogP) is 5.35. The SMILES string of the molecule is CCOC(=O)C(c1cc(C)cc(C)c1)C1C=CC(NC(=O)c2ccc(OC)c(C(F)(F)F)c2)C1. The number of hydrogen-bond donors (Lipinski definition) is 1. The molecule has 0 saturated heterocycles. The maximum atomic E-state index is 13.3. The molecule has 3 atom stereocenters. The van der Waals surface area contributed by atoms with Gasteiger partial charge in [0.1, 0.15) is 5.75 Å². The van der Waals surface area contributed by atoms with Crippen molar-refractivity contribution in [1.82, 2.24) is 5.32 Å². The monoisotopic (exact) mass is 475 g/mol. The molecule has 2 aromatic rings. The van der Waals surface area contributed by atoms with Crippen molar-refractivity contribution in [2.45, 2.75) is 45.3 Å². The molecule has 0 heterocycles. The van der Waals surface area contributed by atoms with E-state index >= 15 is 0 Å². The number of carbonyl (C=O) groups excluding carboxylic acids is 2. The predicted molar refractivity (Wildman–Crippen MR) is 122 cm³/mol. The summed E-state index contributed by atoms with van der Waals surface area (Å²) in [7, 11) is 1.14. The Bertz CT molecular complexity index is 1070. The van der Waals surface area contributed by atoms with Crippen LogP contribution in [-0.2, 0) is 15.7 Å². The fourth-order valence-corrected chi connectivity index (χ4v) is 4.38. The highest BCUT2D eigenvalue weighted by atomic mass is 19.4.